The highest BCUT2D eigenvalue weighted by molar-refractivity contribution is 7.85. The fraction of sp³-hybridized carbons (Fsp3) is 0.871. The second-order valence-corrected chi connectivity index (χ2v) is 16.0. The number of carbonyl (C=O) groups is 4. The van der Waals surface area contributed by atoms with E-state index in [9.17, 15) is 40.8 Å². The maximum absolute atomic E-state index is 13.7. The Labute approximate surface area is 267 Å². The van der Waals surface area contributed by atoms with Gasteiger partial charge in [-0.1, -0.05) is 20.8 Å². The first-order chi connectivity index (χ1) is 21.3. The molecule has 0 saturated heterocycles. The standard InChI is InChI=1S/C31H45F3O11S/c1-18(5-8-26(38)45-29(3,31(32,33)34)14-46(39,40)41)21-6-7-22-27-23(13-25(44-17-37)30(21,22)4)28(2)10-9-20(42-15-35)11-19(28)12-24(27)43-16-36/h15-25,27H,5-14H2,1-4H3,(H,39,40,41)/t18-,19?,20?,21-,22+,23+,24?,25?,27+,28+,29?,30-/m1/s1. The number of alkyl halides is 3. The van der Waals surface area contributed by atoms with Gasteiger partial charge in [0.1, 0.15) is 24.1 Å². The molecule has 0 aromatic rings. The van der Waals surface area contributed by atoms with Crippen molar-refractivity contribution in [1.82, 2.24) is 0 Å². The lowest BCUT2D eigenvalue weighted by molar-refractivity contribution is -0.256. The van der Waals surface area contributed by atoms with E-state index in [2.05, 4.69) is 11.7 Å². The molecule has 11 nitrogen and oxygen atoms in total. The lowest BCUT2D eigenvalue weighted by atomic mass is 9.43. The number of ether oxygens (including phenoxy) is 4. The van der Waals surface area contributed by atoms with Gasteiger partial charge in [0.15, 0.2) is 0 Å². The molecule has 262 valence electrons. The first-order valence-corrected chi connectivity index (χ1v) is 17.5. The van der Waals surface area contributed by atoms with Gasteiger partial charge >= 0.3 is 12.1 Å². The third-order valence-corrected chi connectivity index (χ3v) is 13.3. The van der Waals surface area contributed by atoms with Crippen molar-refractivity contribution in [3.05, 3.63) is 0 Å². The molecule has 0 spiro atoms. The summed E-state index contributed by atoms with van der Waals surface area (Å²) >= 11 is 0. The molecule has 0 heterocycles. The number of fused-ring (bicyclic) bond motifs is 5. The van der Waals surface area contributed by atoms with Crippen molar-refractivity contribution in [1.29, 1.82) is 0 Å². The van der Waals surface area contributed by atoms with Crippen molar-refractivity contribution < 1.29 is 64.3 Å². The molecule has 0 aromatic heterocycles. The van der Waals surface area contributed by atoms with E-state index in [0.717, 1.165) is 12.8 Å². The zero-order chi connectivity index (χ0) is 34.3. The summed E-state index contributed by atoms with van der Waals surface area (Å²) in [6.45, 7) is 7.92. The predicted octanol–water partition coefficient (Wildman–Crippen LogP) is 4.66. The molecule has 0 amide bonds. The number of halogens is 3. The van der Waals surface area contributed by atoms with Crippen molar-refractivity contribution in [2.45, 2.75) is 116 Å². The summed E-state index contributed by atoms with van der Waals surface area (Å²) in [5.74, 6) is -3.32. The number of esters is 1. The molecule has 0 aromatic carbocycles. The van der Waals surface area contributed by atoms with Crippen LogP contribution in [0.2, 0.25) is 0 Å². The summed E-state index contributed by atoms with van der Waals surface area (Å²) in [4.78, 5) is 47.3. The maximum Gasteiger partial charge on any atom is 0.429 e. The summed E-state index contributed by atoms with van der Waals surface area (Å²) in [6.07, 6.45) is -2.00. The second kappa shape index (κ2) is 13.2. The van der Waals surface area contributed by atoms with E-state index >= 15 is 0 Å². The van der Waals surface area contributed by atoms with Gasteiger partial charge in [-0.3, -0.25) is 23.7 Å². The number of rotatable bonds is 13. The van der Waals surface area contributed by atoms with Gasteiger partial charge in [-0.15, -0.1) is 0 Å². The molecule has 12 atom stereocenters. The van der Waals surface area contributed by atoms with Crippen LogP contribution >= 0.6 is 0 Å². The van der Waals surface area contributed by atoms with Crippen LogP contribution in [-0.2, 0) is 48.2 Å². The Morgan fingerprint density at radius 2 is 1.63 bits per heavy atom. The smallest absolute Gasteiger partial charge is 0.429 e. The Balaban J connectivity index is 1.56. The molecular weight excluding hydrogens is 637 g/mol. The number of hydrogen-bond donors (Lipinski definition) is 1. The maximum atomic E-state index is 13.7. The third kappa shape index (κ3) is 6.77. The molecule has 4 aliphatic carbocycles. The second-order valence-electron chi connectivity index (χ2n) is 14.6. The minimum Gasteiger partial charge on any atom is -0.465 e. The van der Waals surface area contributed by atoms with E-state index in [1.807, 2.05) is 13.8 Å². The van der Waals surface area contributed by atoms with Crippen LogP contribution in [0, 0.1) is 46.3 Å². The van der Waals surface area contributed by atoms with Crippen LogP contribution in [0.4, 0.5) is 13.2 Å². The van der Waals surface area contributed by atoms with Crippen LogP contribution in [0.25, 0.3) is 0 Å². The van der Waals surface area contributed by atoms with Gasteiger partial charge in [0.25, 0.3) is 29.5 Å². The Kier molecular flexibility index (Phi) is 10.5. The van der Waals surface area contributed by atoms with Crippen LogP contribution in [-0.4, -0.2) is 74.2 Å². The number of carbonyl (C=O) groups excluding carboxylic acids is 4. The minimum atomic E-state index is -5.25. The molecule has 4 aliphatic rings. The van der Waals surface area contributed by atoms with Crippen LogP contribution < -0.4 is 0 Å². The summed E-state index contributed by atoms with van der Waals surface area (Å²) < 4.78 is 94.0. The molecule has 4 rings (SSSR count). The van der Waals surface area contributed by atoms with Crippen LogP contribution in [0.3, 0.4) is 0 Å². The molecular formula is C31H45F3O11S. The summed E-state index contributed by atoms with van der Waals surface area (Å²) in [6, 6.07) is 0. The normalized spacial score (nSPS) is 39.3. The lowest BCUT2D eigenvalue weighted by Crippen LogP contribution is -2.63. The Hall–Kier alpha value is -2.42. The average Bonchev–Trinajstić information content (AvgIpc) is 3.29. The van der Waals surface area contributed by atoms with Crippen molar-refractivity contribution in [2.75, 3.05) is 5.75 Å². The quantitative estimate of drug-likeness (QED) is 0.125. The van der Waals surface area contributed by atoms with E-state index < -0.39 is 57.7 Å². The van der Waals surface area contributed by atoms with Crippen LogP contribution in [0.15, 0.2) is 0 Å². The third-order valence-electron chi connectivity index (χ3n) is 12.3. The SMILES string of the molecule is C[C@H](CCC(=O)OC(C)(CS(=O)(=O)O)C(F)(F)F)[C@H]1CC[C@H]2[C@@H]3C(OC=O)CC4CC(OC=O)CC[C@]4(C)[C@H]3CC(OC=O)[C@]12C. The van der Waals surface area contributed by atoms with E-state index in [1.165, 1.54) is 0 Å². The van der Waals surface area contributed by atoms with Gasteiger partial charge < -0.3 is 18.9 Å². The fourth-order valence-electron chi connectivity index (χ4n) is 10.1. The van der Waals surface area contributed by atoms with Crippen molar-refractivity contribution in [3.8, 4) is 0 Å². The van der Waals surface area contributed by atoms with E-state index in [0.29, 0.717) is 58.4 Å². The minimum absolute atomic E-state index is 0.0226. The largest absolute Gasteiger partial charge is 0.465 e. The van der Waals surface area contributed by atoms with E-state index in [-0.39, 0.29) is 53.4 Å². The van der Waals surface area contributed by atoms with Gasteiger partial charge in [0, 0.05) is 17.8 Å². The van der Waals surface area contributed by atoms with Gasteiger partial charge in [0.2, 0.25) is 5.60 Å². The molecule has 15 heteroatoms. The molecule has 0 aliphatic heterocycles. The van der Waals surface area contributed by atoms with Gasteiger partial charge in [-0.25, -0.2) is 0 Å². The van der Waals surface area contributed by atoms with Gasteiger partial charge in [0.05, 0.1) is 0 Å². The zero-order valence-electron chi connectivity index (χ0n) is 26.6. The summed E-state index contributed by atoms with van der Waals surface area (Å²) in [7, 11) is -5.12. The molecule has 46 heavy (non-hydrogen) atoms. The first-order valence-electron chi connectivity index (χ1n) is 15.9. The average molecular weight is 683 g/mol. The Bertz CT molecular complexity index is 1260. The van der Waals surface area contributed by atoms with E-state index in [1.54, 1.807) is 0 Å². The fourth-order valence-corrected chi connectivity index (χ4v) is 11.0. The molecule has 1 N–H and O–H groups in total. The van der Waals surface area contributed by atoms with Crippen LogP contribution in [0.1, 0.15) is 85.5 Å². The Morgan fingerprint density at radius 3 is 2.22 bits per heavy atom. The topological polar surface area (TPSA) is 160 Å². The monoisotopic (exact) mass is 682 g/mol. The molecule has 0 bridgehead atoms. The zero-order valence-corrected chi connectivity index (χ0v) is 27.4. The molecule has 5 unspecified atom stereocenters. The molecule has 4 saturated carbocycles. The highest BCUT2D eigenvalue weighted by atomic mass is 32.2. The first kappa shape index (κ1) is 36.4. The number of hydrogen-bond acceptors (Lipinski definition) is 10. The molecule has 4 fully saturated rings. The Morgan fingerprint density at radius 1 is 0.978 bits per heavy atom. The van der Waals surface area contributed by atoms with Gasteiger partial charge in [-0.05, 0) is 93.3 Å². The lowest BCUT2D eigenvalue weighted by Gasteiger charge is -2.64. The van der Waals surface area contributed by atoms with Gasteiger partial charge in [-0.2, -0.15) is 21.6 Å². The van der Waals surface area contributed by atoms with Crippen molar-refractivity contribution in [3.63, 3.8) is 0 Å². The predicted molar refractivity (Wildman–Crippen MR) is 154 cm³/mol. The highest BCUT2D eigenvalue weighted by Crippen LogP contribution is 2.69. The van der Waals surface area contributed by atoms with Crippen molar-refractivity contribution in [2.24, 2.45) is 46.3 Å². The van der Waals surface area contributed by atoms with E-state index in [4.69, 9.17) is 18.8 Å². The van der Waals surface area contributed by atoms with Crippen LogP contribution in [0.5, 0.6) is 0 Å². The van der Waals surface area contributed by atoms with Crippen molar-refractivity contribution >= 4 is 35.5 Å². The summed E-state index contributed by atoms with van der Waals surface area (Å²) in [5.41, 5.74) is -4.20. The highest BCUT2D eigenvalue weighted by Gasteiger charge is 2.67. The molecule has 0 radical (unpaired) electrons. The summed E-state index contributed by atoms with van der Waals surface area (Å²) in [5, 5.41) is 0.